The van der Waals surface area contributed by atoms with Gasteiger partial charge in [0.25, 0.3) is 0 Å². The minimum absolute atomic E-state index is 0.310. The number of amides is 1. The smallest absolute Gasteiger partial charge is 0.223 e. The zero-order chi connectivity index (χ0) is 10.7. The van der Waals surface area contributed by atoms with Crippen LogP contribution in [0.3, 0.4) is 0 Å². The molecule has 86 valence electrons. The summed E-state index contributed by atoms with van der Waals surface area (Å²) < 4.78 is 0. The van der Waals surface area contributed by atoms with E-state index in [2.05, 4.69) is 5.32 Å². The lowest BCUT2D eigenvalue weighted by Crippen LogP contribution is -2.30. The molecular weight excluding hydrogens is 186 g/mol. The van der Waals surface area contributed by atoms with Gasteiger partial charge >= 0.3 is 0 Å². The van der Waals surface area contributed by atoms with Crippen LogP contribution in [0.4, 0.5) is 0 Å². The van der Waals surface area contributed by atoms with Gasteiger partial charge in [0.15, 0.2) is 0 Å². The van der Waals surface area contributed by atoms with Gasteiger partial charge in [0.2, 0.25) is 5.91 Å². The molecule has 2 fully saturated rings. The highest BCUT2D eigenvalue weighted by atomic mass is 16.1. The minimum Gasteiger partial charge on any atom is -0.356 e. The monoisotopic (exact) mass is 209 g/mol. The van der Waals surface area contributed by atoms with Crippen molar-refractivity contribution in [2.45, 2.75) is 51.9 Å². The Morgan fingerprint density at radius 1 is 1.27 bits per heavy atom. The van der Waals surface area contributed by atoms with E-state index in [0.29, 0.717) is 11.8 Å². The predicted molar refractivity (Wildman–Crippen MR) is 61.5 cm³/mol. The van der Waals surface area contributed by atoms with Gasteiger partial charge < -0.3 is 5.32 Å². The lowest BCUT2D eigenvalue weighted by Gasteiger charge is -2.15. The van der Waals surface area contributed by atoms with Crippen molar-refractivity contribution in [1.82, 2.24) is 5.32 Å². The van der Waals surface area contributed by atoms with Crippen LogP contribution in [0.5, 0.6) is 0 Å². The second kappa shape index (κ2) is 5.00. The zero-order valence-corrected chi connectivity index (χ0v) is 9.80. The van der Waals surface area contributed by atoms with Gasteiger partial charge in [0.05, 0.1) is 0 Å². The summed E-state index contributed by atoms with van der Waals surface area (Å²) in [5.74, 6) is 2.46. The van der Waals surface area contributed by atoms with E-state index in [0.717, 1.165) is 31.2 Å². The van der Waals surface area contributed by atoms with Crippen molar-refractivity contribution >= 4 is 5.91 Å². The first kappa shape index (κ1) is 11.0. The number of hydrogen-bond donors (Lipinski definition) is 1. The van der Waals surface area contributed by atoms with Crippen molar-refractivity contribution in [3.63, 3.8) is 0 Å². The first-order valence-electron chi connectivity index (χ1n) is 6.57. The second-order valence-corrected chi connectivity index (χ2v) is 5.29. The molecule has 0 aromatic carbocycles. The summed E-state index contributed by atoms with van der Waals surface area (Å²) in [5.41, 5.74) is 0. The molecular formula is C13H23NO. The molecule has 1 unspecified atom stereocenters. The Balaban J connectivity index is 1.73. The lowest BCUT2D eigenvalue weighted by atomic mass is 9.94. The summed E-state index contributed by atoms with van der Waals surface area (Å²) in [5, 5.41) is 2.98. The molecule has 0 radical (unpaired) electrons. The van der Waals surface area contributed by atoms with Gasteiger partial charge in [-0.1, -0.05) is 25.7 Å². The number of carbonyl (C=O) groups is 1. The number of carbonyl (C=O) groups excluding carboxylic acids is 1. The van der Waals surface area contributed by atoms with Gasteiger partial charge in [-0.2, -0.15) is 0 Å². The van der Waals surface area contributed by atoms with Crippen LogP contribution < -0.4 is 5.32 Å². The molecule has 0 aromatic heterocycles. The van der Waals surface area contributed by atoms with E-state index in [4.69, 9.17) is 0 Å². The third-order valence-corrected chi connectivity index (χ3v) is 3.66. The van der Waals surface area contributed by atoms with Crippen molar-refractivity contribution in [2.24, 2.45) is 17.8 Å². The fourth-order valence-electron chi connectivity index (χ4n) is 2.27. The summed E-state index contributed by atoms with van der Waals surface area (Å²) in [7, 11) is 0. The van der Waals surface area contributed by atoms with Gasteiger partial charge in [-0.15, -0.1) is 0 Å². The number of nitrogens with one attached hydrogen (secondary N) is 1. The van der Waals surface area contributed by atoms with E-state index in [-0.39, 0.29) is 0 Å². The van der Waals surface area contributed by atoms with Crippen LogP contribution in [0.1, 0.15) is 51.9 Å². The van der Waals surface area contributed by atoms with Crippen molar-refractivity contribution in [1.29, 1.82) is 0 Å². The molecule has 1 amide bonds. The van der Waals surface area contributed by atoms with Gasteiger partial charge in [-0.05, 0) is 38.0 Å². The summed E-state index contributed by atoms with van der Waals surface area (Å²) >= 11 is 0. The topological polar surface area (TPSA) is 29.1 Å². The molecule has 2 heteroatoms. The molecule has 0 spiro atoms. The first-order valence-corrected chi connectivity index (χ1v) is 6.57. The van der Waals surface area contributed by atoms with Crippen molar-refractivity contribution < 1.29 is 4.79 Å². The quantitative estimate of drug-likeness (QED) is 0.686. The summed E-state index contributed by atoms with van der Waals surface area (Å²) in [6, 6.07) is 0. The Labute approximate surface area is 92.8 Å². The number of rotatable bonds is 7. The van der Waals surface area contributed by atoms with Crippen molar-refractivity contribution in [3.8, 4) is 0 Å². The highest BCUT2D eigenvalue weighted by molar-refractivity contribution is 5.78. The fourth-order valence-corrected chi connectivity index (χ4v) is 2.27. The molecule has 1 atom stereocenters. The molecule has 2 nitrogen and oxygen atoms in total. The molecule has 2 rings (SSSR count). The summed E-state index contributed by atoms with van der Waals surface area (Å²) in [6.45, 7) is 2.79. The maximum atomic E-state index is 11.8. The molecule has 15 heavy (non-hydrogen) atoms. The molecule has 0 saturated heterocycles. The van der Waals surface area contributed by atoms with Crippen molar-refractivity contribution in [2.75, 3.05) is 6.54 Å². The van der Waals surface area contributed by atoms with Crippen LogP contribution in [0.2, 0.25) is 0 Å². The maximum absolute atomic E-state index is 11.8. The Morgan fingerprint density at radius 3 is 2.47 bits per heavy atom. The molecule has 0 bridgehead atoms. The molecule has 0 heterocycles. The SMILES string of the molecule is CCNC(=O)C(CCC1CC1)CC1CC1. The van der Waals surface area contributed by atoms with E-state index in [1.54, 1.807) is 0 Å². The molecule has 1 N–H and O–H groups in total. The van der Waals surface area contributed by atoms with Gasteiger partial charge in [0.1, 0.15) is 0 Å². The number of hydrogen-bond acceptors (Lipinski definition) is 1. The Morgan fingerprint density at radius 2 is 1.93 bits per heavy atom. The van der Waals surface area contributed by atoms with Crippen LogP contribution in [0.25, 0.3) is 0 Å². The zero-order valence-electron chi connectivity index (χ0n) is 9.80. The Kier molecular flexibility index (Phi) is 3.66. The fraction of sp³-hybridized carbons (Fsp3) is 0.923. The van der Waals surface area contributed by atoms with E-state index in [1.165, 1.54) is 32.1 Å². The maximum Gasteiger partial charge on any atom is 0.223 e. The predicted octanol–water partition coefficient (Wildman–Crippen LogP) is 2.73. The third-order valence-electron chi connectivity index (χ3n) is 3.66. The van der Waals surface area contributed by atoms with E-state index < -0.39 is 0 Å². The highest BCUT2D eigenvalue weighted by Crippen LogP contribution is 2.39. The van der Waals surface area contributed by atoms with Crippen LogP contribution in [-0.4, -0.2) is 12.5 Å². The van der Waals surface area contributed by atoms with Gasteiger partial charge in [-0.3, -0.25) is 4.79 Å². The first-order chi connectivity index (χ1) is 7.29. The normalized spacial score (nSPS) is 22.5. The molecule has 2 aliphatic carbocycles. The molecule has 2 saturated carbocycles. The van der Waals surface area contributed by atoms with Crippen LogP contribution >= 0.6 is 0 Å². The largest absolute Gasteiger partial charge is 0.356 e. The van der Waals surface area contributed by atoms with E-state index in [9.17, 15) is 4.79 Å². The molecule has 0 aliphatic heterocycles. The second-order valence-electron chi connectivity index (χ2n) is 5.29. The Hall–Kier alpha value is -0.530. The standard InChI is InChI=1S/C13H23NO/c1-2-14-13(15)12(9-11-5-6-11)8-7-10-3-4-10/h10-12H,2-9H2,1H3,(H,14,15). The van der Waals surface area contributed by atoms with Gasteiger partial charge in [0, 0.05) is 12.5 Å². The average molecular weight is 209 g/mol. The van der Waals surface area contributed by atoms with Crippen LogP contribution in [0.15, 0.2) is 0 Å². The highest BCUT2D eigenvalue weighted by Gasteiger charge is 2.30. The molecule has 0 aromatic rings. The van der Waals surface area contributed by atoms with E-state index >= 15 is 0 Å². The van der Waals surface area contributed by atoms with E-state index in [1.807, 2.05) is 6.92 Å². The average Bonchev–Trinajstić information content (AvgIpc) is 3.07. The Bertz CT molecular complexity index is 219. The molecule has 2 aliphatic rings. The van der Waals surface area contributed by atoms with Crippen molar-refractivity contribution in [3.05, 3.63) is 0 Å². The van der Waals surface area contributed by atoms with Gasteiger partial charge in [-0.25, -0.2) is 0 Å². The lowest BCUT2D eigenvalue weighted by molar-refractivity contribution is -0.125. The van der Waals surface area contributed by atoms with Crippen LogP contribution in [0, 0.1) is 17.8 Å². The summed E-state index contributed by atoms with van der Waals surface area (Å²) in [6.07, 6.45) is 9.11. The summed E-state index contributed by atoms with van der Waals surface area (Å²) in [4.78, 5) is 11.8. The third kappa shape index (κ3) is 3.84. The minimum atomic E-state index is 0.310. The van der Waals surface area contributed by atoms with Crippen LogP contribution in [-0.2, 0) is 4.79 Å².